The fourth-order valence-corrected chi connectivity index (χ4v) is 2.07. The van der Waals surface area contributed by atoms with Gasteiger partial charge in [0.1, 0.15) is 11.5 Å². The van der Waals surface area contributed by atoms with Crippen LogP contribution in [-0.2, 0) is 5.88 Å². The Labute approximate surface area is 116 Å². The first-order chi connectivity index (χ1) is 9.35. The molecule has 3 heteroatoms. The summed E-state index contributed by atoms with van der Waals surface area (Å²) in [6, 6.07) is 17.7. The van der Waals surface area contributed by atoms with Gasteiger partial charge >= 0.3 is 0 Å². The summed E-state index contributed by atoms with van der Waals surface area (Å²) in [5.41, 5.74) is 2.04. The van der Waals surface area contributed by atoms with Gasteiger partial charge in [0, 0.05) is 11.3 Å². The lowest BCUT2D eigenvalue weighted by Gasteiger charge is -2.06. The maximum Gasteiger partial charge on any atom is 0.146 e. The van der Waals surface area contributed by atoms with E-state index in [-0.39, 0.29) is 0 Å². The highest BCUT2D eigenvalue weighted by Crippen LogP contribution is 2.24. The number of halogens is 1. The van der Waals surface area contributed by atoms with Crippen LogP contribution in [0.3, 0.4) is 0 Å². The number of hydrogen-bond acceptors (Lipinski definition) is 2. The number of para-hydroxylation sites is 1. The average molecular weight is 270 g/mol. The van der Waals surface area contributed by atoms with Crippen LogP contribution >= 0.6 is 11.6 Å². The third-order valence-electron chi connectivity index (χ3n) is 2.88. The first kappa shape index (κ1) is 12.0. The van der Waals surface area contributed by atoms with Gasteiger partial charge in [0.15, 0.2) is 0 Å². The number of nitrogens with zero attached hydrogens (tertiary/aromatic N) is 1. The Balaban J connectivity index is 1.87. The largest absolute Gasteiger partial charge is 0.456 e. The second-order valence-electron chi connectivity index (χ2n) is 4.24. The molecule has 0 unspecified atom stereocenters. The van der Waals surface area contributed by atoms with Gasteiger partial charge in [-0.15, -0.1) is 11.6 Å². The number of rotatable bonds is 3. The summed E-state index contributed by atoms with van der Waals surface area (Å²) < 4.78 is 5.78. The molecule has 19 heavy (non-hydrogen) atoms. The summed E-state index contributed by atoms with van der Waals surface area (Å²) in [5, 5.41) is 1.07. The Kier molecular flexibility index (Phi) is 3.34. The second kappa shape index (κ2) is 5.29. The number of ether oxygens (including phenoxy) is 1. The molecule has 0 aliphatic rings. The summed E-state index contributed by atoms with van der Waals surface area (Å²) in [4.78, 5) is 4.36. The highest BCUT2D eigenvalue weighted by Gasteiger charge is 2.00. The van der Waals surface area contributed by atoms with Crippen molar-refractivity contribution in [3.8, 4) is 11.5 Å². The van der Waals surface area contributed by atoms with E-state index < -0.39 is 0 Å². The van der Waals surface area contributed by atoms with Crippen molar-refractivity contribution in [3.05, 3.63) is 66.4 Å². The van der Waals surface area contributed by atoms with Crippen LogP contribution in [0.1, 0.15) is 5.56 Å². The predicted octanol–water partition coefficient (Wildman–Crippen LogP) is 4.77. The Morgan fingerprint density at radius 3 is 2.53 bits per heavy atom. The molecule has 3 rings (SSSR count). The molecule has 1 aromatic heterocycles. The van der Waals surface area contributed by atoms with Crippen LogP contribution in [0, 0.1) is 0 Å². The van der Waals surface area contributed by atoms with Gasteiger partial charge in [-0.25, -0.2) is 0 Å². The minimum atomic E-state index is 0.512. The van der Waals surface area contributed by atoms with E-state index in [0.29, 0.717) is 5.88 Å². The molecule has 0 saturated heterocycles. The van der Waals surface area contributed by atoms with Crippen molar-refractivity contribution in [1.82, 2.24) is 4.98 Å². The first-order valence-corrected chi connectivity index (χ1v) is 6.56. The second-order valence-corrected chi connectivity index (χ2v) is 4.51. The van der Waals surface area contributed by atoms with Crippen molar-refractivity contribution in [2.45, 2.75) is 5.88 Å². The van der Waals surface area contributed by atoms with E-state index in [2.05, 4.69) is 4.98 Å². The van der Waals surface area contributed by atoms with E-state index in [0.717, 1.165) is 28.0 Å². The summed E-state index contributed by atoms with van der Waals surface area (Å²) in [5.74, 6) is 2.03. The van der Waals surface area contributed by atoms with Gasteiger partial charge < -0.3 is 4.74 Å². The van der Waals surface area contributed by atoms with E-state index in [1.165, 1.54) is 0 Å². The quantitative estimate of drug-likeness (QED) is 0.639. The van der Waals surface area contributed by atoms with Gasteiger partial charge in [-0.1, -0.05) is 30.3 Å². The molecule has 0 bridgehead atoms. The smallest absolute Gasteiger partial charge is 0.146 e. The zero-order valence-corrected chi connectivity index (χ0v) is 11.0. The molecule has 0 aliphatic heterocycles. The van der Waals surface area contributed by atoms with Crippen LogP contribution in [-0.4, -0.2) is 4.98 Å². The molecule has 2 nitrogen and oxygen atoms in total. The van der Waals surface area contributed by atoms with Crippen molar-refractivity contribution in [1.29, 1.82) is 0 Å². The Morgan fingerprint density at radius 2 is 1.74 bits per heavy atom. The third kappa shape index (κ3) is 2.69. The fourth-order valence-electron chi connectivity index (χ4n) is 1.89. The molecule has 1 heterocycles. The van der Waals surface area contributed by atoms with E-state index in [9.17, 15) is 0 Å². The summed E-state index contributed by atoms with van der Waals surface area (Å²) in [6.07, 6.45) is 1.73. The molecule has 0 atom stereocenters. The molecule has 2 aromatic carbocycles. The van der Waals surface area contributed by atoms with E-state index in [4.69, 9.17) is 16.3 Å². The molecule has 0 amide bonds. The third-order valence-corrected chi connectivity index (χ3v) is 3.19. The summed E-state index contributed by atoms with van der Waals surface area (Å²) in [6.45, 7) is 0. The van der Waals surface area contributed by atoms with Crippen LogP contribution in [0.15, 0.2) is 60.8 Å². The Hall–Kier alpha value is -2.06. The number of alkyl halides is 1. The highest BCUT2D eigenvalue weighted by molar-refractivity contribution is 6.17. The van der Waals surface area contributed by atoms with Crippen molar-refractivity contribution in [3.63, 3.8) is 0 Å². The number of fused-ring (bicyclic) bond motifs is 1. The number of aromatic nitrogens is 1. The minimum absolute atomic E-state index is 0.512. The van der Waals surface area contributed by atoms with Crippen LogP contribution < -0.4 is 4.74 Å². The zero-order valence-electron chi connectivity index (χ0n) is 10.2. The number of hydrogen-bond donors (Lipinski definition) is 0. The maximum absolute atomic E-state index is 5.78. The summed E-state index contributed by atoms with van der Waals surface area (Å²) >= 11 is 5.75. The molecule has 3 aromatic rings. The van der Waals surface area contributed by atoms with E-state index >= 15 is 0 Å². The van der Waals surface area contributed by atoms with Crippen LogP contribution in [0.5, 0.6) is 11.5 Å². The average Bonchev–Trinajstić information content (AvgIpc) is 2.48. The van der Waals surface area contributed by atoms with Gasteiger partial charge in [0.2, 0.25) is 0 Å². The van der Waals surface area contributed by atoms with E-state index in [1.807, 2.05) is 54.6 Å². The predicted molar refractivity (Wildman–Crippen MR) is 77.8 cm³/mol. The lowest BCUT2D eigenvalue weighted by Crippen LogP contribution is -1.87. The Morgan fingerprint density at radius 1 is 0.947 bits per heavy atom. The topological polar surface area (TPSA) is 22.1 Å². The Bertz CT molecular complexity index is 694. The van der Waals surface area contributed by atoms with Crippen molar-refractivity contribution < 1.29 is 4.74 Å². The minimum Gasteiger partial charge on any atom is -0.456 e. The van der Waals surface area contributed by atoms with E-state index in [1.54, 1.807) is 6.20 Å². The molecule has 0 saturated carbocycles. The maximum atomic E-state index is 5.78. The normalized spacial score (nSPS) is 10.6. The molecule has 0 N–H and O–H groups in total. The fraction of sp³-hybridized carbons (Fsp3) is 0.0625. The van der Waals surface area contributed by atoms with Gasteiger partial charge in [-0.2, -0.15) is 0 Å². The van der Waals surface area contributed by atoms with Gasteiger partial charge in [0.25, 0.3) is 0 Å². The lowest BCUT2D eigenvalue weighted by molar-refractivity contribution is 0.481. The summed E-state index contributed by atoms with van der Waals surface area (Å²) in [7, 11) is 0. The lowest BCUT2D eigenvalue weighted by atomic mass is 10.2. The van der Waals surface area contributed by atoms with Crippen LogP contribution in [0.25, 0.3) is 10.9 Å². The molecular weight excluding hydrogens is 258 g/mol. The van der Waals surface area contributed by atoms with Gasteiger partial charge in [-0.05, 0) is 29.8 Å². The van der Waals surface area contributed by atoms with Crippen LogP contribution in [0.2, 0.25) is 0 Å². The highest BCUT2D eigenvalue weighted by atomic mass is 35.5. The molecule has 0 aliphatic carbocycles. The van der Waals surface area contributed by atoms with Crippen LogP contribution in [0.4, 0.5) is 0 Å². The molecule has 0 spiro atoms. The van der Waals surface area contributed by atoms with Crippen molar-refractivity contribution in [2.75, 3.05) is 0 Å². The molecule has 0 radical (unpaired) electrons. The zero-order chi connectivity index (χ0) is 13.1. The van der Waals surface area contributed by atoms with Crippen molar-refractivity contribution >= 4 is 22.5 Å². The standard InChI is InChI=1S/C16H12ClNO/c17-10-12-5-7-14(8-6-12)19-15-9-13-3-1-2-4-16(13)18-11-15/h1-9,11H,10H2. The molecule has 0 fully saturated rings. The molecule has 94 valence electrons. The monoisotopic (exact) mass is 269 g/mol. The molecular formula is C16H12ClNO. The van der Waals surface area contributed by atoms with Crippen molar-refractivity contribution in [2.24, 2.45) is 0 Å². The number of benzene rings is 2. The number of pyridine rings is 1. The first-order valence-electron chi connectivity index (χ1n) is 6.03. The SMILES string of the molecule is ClCc1ccc(Oc2cnc3ccccc3c2)cc1. The van der Waals surface area contributed by atoms with Gasteiger partial charge in [-0.3, -0.25) is 4.98 Å². The van der Waals surface area contributed by atoms with Gasteiger partial charge in [0.05, 0.1) is 11.7 Å².